The highest BCUT2D eigenvalue weighted by atomic mass is 16.5. The smallest absolute Gasteiger partial charge is 0.191 e. The molecule has 2 aliphatic rings. The normalized spacial score (nSPS) is 25.8. The third-order valence-corrected chi connectivity index (χ3v) is 4.33. The van der Waals surface area contributed by atoms with Gasteiger partial charge in [-0.05, 0) is 32.4 Å². The lowest BCUT2D eigenvalue weighted by Gasteiger charge is -2.30. The molecular weight excluding hydrogens is 266 g/mol. The predicted molar refractivity (Wildman–Crippen MR) is 86.8 cm³/mol. The molecule has 0 bridgehead atoms. The van der Waals surface area contributed by atoms with E-state index in [1.807, 2.05) is 7.05 Å². The number of guanidine groups is 1. The average molecular weight is 297 g/mol. The van der Waals surface area contributed by atoms with Crippen LogP contribution in [-0.4, -0.2) is 88.9 Å². The Morgan fingerprint density at radius 2 is 2.05 bits per heavy atom. The minimum atomic E-state index is 0.738. The van der Waals surface area contributed by atoms with Crippen LogP contribution in [0.5, 0.6) is 0 Å². The van der Waals surface area contributed by atoms with Gasteiger partial charge in [-0.1, -0.05) is 0 Å². The lowest BCUT2D eigenvalue weighted by Crippen LogP contribution is -2.46. The van der Waals surface area contributed by atoms with E-state index in [9.17, 15) is 0 Å². The van der Waals surface area contributed by atoms with Crippen LogP contribution in [-0.2, 0) is 4.74 Å². The number of nitrogens with zero attached hydrogens (tertiary/aromatic N) is 3. The van der Waals surface area contributed by atoms with Gasteiger partial charge in [0.15, 0.2) is 5.96 Å². The van der Waals surface area contributed by atoms with Crippen molar-refractivity contribution in [2.24, 2.45) is 10.9 Å². The van der Waals surface area contributed by atoms with Gasteiger partial charge >= 0.3 is 0 Å². The number of piperidine rings is 1. The van der Waals surface area contributed by atoms with Gasteiger partial charge in [-0.2, -0.15) is 0 Å². The number of morpholine rings is 1. The van der Waals surface area contributed by atoms with E-state index >= 15 is 0 Å². The summed E-state index contributed by atoms with van der Waals surface area (Å²) >= 11 is 0. The third-order valence-electron chi connectivity index (χ3n) is 4.33. The molecule has 0 aliphatic carbocycles. The summed E-state index contributed by atoms with van der Waals surface area (Å²) < 4.78 is 5.36. The molecule has 0 amide bonds. The van der Waals surface area contributed by atoms with E-state index in [0.717, 1.165) is 57.8 Å². The van der Waals surface area contributed by atoms with E-state index in [0.29, 0.717) is 0 Å². The molecule has 0 radical (unpaired) electrons. The molecule has 0 aromatic heterocycles. The van der Waals surface area contributed by atoms with Crippen molar-refractivity contribution in [1.29, 1.82) is 0 Å². The number of nitrogens with one attached hydrogen (secondary N) is 2. The fourth-order valence-electron chi connectivity index (χ4n) is 3.06. The first-order valence-electron chi connectivity index (χ1n) is 8.21. The van der Waals surface area contributed by atoms with Gasteiger partial charge < -0.3 is 20.3 Å². The number of hydrogen-bond donors (Lipinski definition) is 2. The number of likely N-dealkylation sites (tertiary alicyclic amines) is 1. The van der Waals surface area contributed by atoms with Crippen LogP contribution >= 0.6 is 0 Å². The molecule has 1 unspecified atom stereocenters. The fourth-order valence-corrected chi connectivity index (χ4v) is 3.06. The van der Waals surface area contributed by atoms with Crippen LogP contribution in [0.1, 0.15) is 12.8 Å². The molecule has 2 N–H and O–H groups in total. The summed E-state index contributed by atoms with van der Waals surface area (Å²) in [5.41, 5.74) is 0. The Morgan fingerprint density at radius 1 is 1.24 bits per heavy atom. The standard InChI is InChI=1S/C15H31N5O/c1-16-15(17-5-7-20-8-10-21-11-9-20)18-12-14-4-3-6-19(2)13-14/h14H,3-13H2,1-2H3,(H2,16,17,18). The van der Waals surface area contributed by atoms with Crippen molar-refractivity contribution in [3.63, 3.8) is 0 Å². The second-order valence-corrected chi connectivity index (χ2v) is 6.10. The molecule has 122 valence electrons. The molecule has 0 aromatic rings. The van der Waals surface area contributed by atoms with Crippen molar-refractivity contribution in [2.45, 2.75) is 12.8 Å². The van der Waals surface area contributed by atoms with Crippen molar-refractivity contribution in [3.8, 4) is 0 Å². The van der Waals surface area contributed by atoms with E-state index in [4.69, 9.17) is 4.74 Å². The number of hydrogen-bond acceptors (Lipinski definition) is 4. The van der Waals surface area contributed by atoms with Crippen molar-refractivity contribution in [2.75, 3.05) is 73.1 Å². The summed E-state index contributed by atoms with van der Waals surface area (Å²) in [6.07, 6.45) is 2.63. The Kier molecular flexibility index (Phi) is 7.26. The maximum absolute atomic E-state index is 5.36. The monoisotopic (exact) mass is 297 g/mol. The maximum atomic E-state index is 5.36. The zero-order valence-corrected chi connectivity index (χ0v) is 13.6. The Hall–Kier alpha value is -0.850. The van der Waals surface area contributed by atoms with Gasteiger partial charge in [-0.25, -0.2) is 0 Å². The Morgan fingerprint density at radius 3 is 2.76 bits per heavy atom. The van der Waals surface area contributed by atoms with E-state index in [2.05, 4.69) is 32.5 Å². The zero-order chi connectivity index (χ0) is 14.9. The van der Waals surface area contributed by atoms with Gasteiger partial charge in [0.25, 0.3) is 0 Å². The van der Waals surface area contributed by atoms with E-state index in [1.54, 1.807) is 0 Å². The van der Waals surface area contributed by atoms with Crippen molar-refractivity contribution < 1.29 is 4.74 Å². The predicted octanol–water partition coefficient (Wildman–Crippen LogP) is -0.175. The second kappa shape index (κ2) is 9.23. The Balaban J connectivity index is 1.59. The van der Waals surface area contributed by atoms with Crippen LogP contribution in [0, 0.1) is 5.92 Å². The molecule has 6 heteroatoms. The molecule has 0 saturated carbocycles. The van der Waals surface area contributed by atoms with Crippen LogP contribution in [0.3, 0.4) is 0 Å². The molecule has 2 saturated heterocycles. The van der Waals surface area contributed by atoms with Crippen LogP contribution in [0.15, 0.2) is 4.99 Å². The highest BCUT2D eigenvalue weighted by Gasteiger charge is 2.17. The molecule has 21 heavy (non-hydrogen) atoms. The van der Waals surface area contributed by atoms with Gasteiger partial charge in [0.1, 0.15) is 0 Å². The fraction of sp³-hybridized carbons (Fsp3) is 0.933. The van der Waals surface area contributed by atoms with Crippen LogP contribution in [0.2, 0.25) is 0 Å². The molecule has 0 aromatic carbocycles. The Bertz CT molecular complexity index is 317. The minimum Gasteiger partial charge on any atom is -0.379 e. The number of aliphatic imine (C=N–C) groups is 1. The molecule has 2 heterocycles. The van der Waals surface area contributed by atoms with E-state index in [1.165, 1.54) is 25.9 Å². The van der Waals surface area contributed by atoms with Gasteiger partial charge in [-0.3, -0.25) is 9.89 Å². The molecule has 0 spiro atoms. The summed E-state index contributed by atoms with van der Waals surface area (Å²) in [4.78, 5) is 9.16. The third kappa shape index (κ3) is 6.20. The first kappa shape index (κ1) is 16.5. The minimum absolute atomic E-state index is 0.738. The summed E-state index contributed by atoms with van der Waals surface area (Å²) in [5.74, 6) is 1.66. The van der Waals surface area contributed by atoms with Crippen LogP contribution in [0.4, 0.5) is 0 Å². The van der Waals surface area contributed by atoms with E-state index < -0.39 is 0 Å². The lowest BCUT2D eigenvalue weighted by atomic mass is 9.99. The van der Waals surface area contributed by atoms with Gasteiger partial charge in [0, 0.05) is 46.3 Å². The summed E-state index contributed by atoms with van der Waals surface area (Å²) in [6, 6.07) is 0. The molecule has 2 aliphatic heterocycles. The number of ether oxygens (including phenoxy) is 1. The molecule has 2 rings (SSSR count). The highest BCUT2D eigenvalue weighted by molar-refractivity contribution is 5.79. The summed E-state index contributed by atoms with van der Waals surface area (Å²) in [7, 11) is 4.05. The average Bonchev–Trinajstić information content (AvgIpc) is 2.52. The van der Waals surface area contributed by atoms with Gasteiger partial charge in [0.2, 0.25) is 0 Å². The van der Waals surface area contributed by atoms with Gasteiger partial charge in [0.05, 0.1) is 13.2 Å². The van der Waals surface area contributed by atoms with Gasteiger partial charge in [-0.15, -0.1) is 0 Å². The molecule has 6 nitrogen and oxygen atoms in total. The molecular formula is C15H31N5O. The number of rotatable bonds is 5. The van der Waals surface area contributed by atoms with Crippen molar-refractivity contribution >= 4 is 5.96 Å². The van der Waals surface area contributed by atoms with E-state index in [-0.39, 0.29) is 0 Å². The maximum Gasteiger partial charge on any atom is 0.191 e. The summed E-state index contributed by atoms with van der Waals surface area (Å²) in [6.45, 7) is 9.25. The van der Waals surface area contributed by atoms with Crippen molar-refractivity contribution in [1.82, 2.24) is 20.4 Å². The first-order chi connectivity index (χ1) is 10.3. The quantitative estimate of drug-likeness (QED) is 0.545. The summed E-state index contributed by atoms with van der Waals surface area (Å²) in [5, 5.41) is 6.88. The highest BCUT2D eigenvalue weighted by Crippen LogP contribution is 2.13. The van der Waals surface area contributed by atoms with Crippen molar-refractivity contribution in [3.05, 3.63) is 0 Å². The second-order valence-electron chi connectivity index (χ2n) is 6.10. The first-order valence-corrected chi connectivity index (χ1v) is 8.21. The molecule has 1 atom stereocenters. The van der Waals surface area contributed by atoms with Crippen LogP contribution < -0.4 is 10.6 Å². The lowest BCUT2D eigenvalue weighted by molar-refractivity contribution is 0.0389. The largest absolute Gasteiger partial charge is 0.379 e. The molecule has 2 fully saturated rings. The SMILES string of the molecule is CN=C(NCCN1CCOCC1)NCC1CCCN(C)C1. The Labute approximate surface area is 128 Å². The van der Waals surface area contributed by atoms with Crippen LogP contribution in [0.25, 0.3) is 0 Å². The zero-order valence-electron chi connectivity index (χ0n) is 13.6. The topological polar surface area (TPSA) is 52.1 Å².